The number of hydrogen-bond acceptors (Lipinski definition) is 8. The lowest BCUT2D eigenvalue weighted by atomic mass is 10.1. The number of amides is 2. The Morgan fingerprint density at radius 3 is 1.53 bits per heavy atom. The molecular weight excluding hydrogens is 448 g/mol. The van der Waals surface area contributed by atoms with Crippen molar-refractivity contribution in [1.29, 1.82) is 0 Å². The van der Waals surface area contributed by atoms with E-state index in [1.54, 1.807) is 22.7 Å². The Labute approximate surface area is 196 Å². The van der Waals surface area contributed by atoms with Crippen LogP contribution >= 0.6 is 22.7 Å². The molecule has 2 N–H and O–H groups in total. The molecule has 32 heavy (non-hydrogen) atoms. The maximum atomic E-state index is 12.6. The summed E-state index contributed by atoms with van der Waals surface area (Å²) in [5.41, 5.74) is 0. The fourth-order valence-corrected chi connectivity index (χ4v) is 5.82. The molecule has 4 heterocycles. The minimum absolute atomic E-state index is 0.0443. The third kappa shape index (κ3) is 6.15. The predicted octanol–water partition coefficient (Wildman–Crippen LogP) is 1.49. The van der Waals surface area contributed by atoms with Crippen molar-refractivity contribution >= 4 is 34.5 Å². The SMILES string of the molecule is O=C(NC[C@H](c1cccs1)N1CCOCC1)C(=O)NC[C@@H](c1cccs1)N1CCOCC1. The number of nitrogens with one attached hydrogen (secondary N) is 2. The molecule has 10 heteroatoms. The number of hydrogen-bond donors (Lipinski definition) is 2. The van der Waals surface area contributed by atoms with Crippen LogP contribution < -0.4 is 10.6 Å². The smallest absolute Gasteiger partial charge is 0.309 e. The molecule has 2 saturated heterocycles. The first-order chi connectivity index (χ1) is 15.7. The van der Waals surface area contributed by atoms with Crippen molar-refractivity contribution in [1.82, 2.24) is 20.4 Å². The molecule has 0 aromatic carbocycles. The van der Waals surface area contributed by atoms with Crippen molar-refractivity contribution in [2.75, 3.05) is 65.7 Å². The first-order valence-corrected chi connectivity index (χ1v) is 12.7. The van der Waals surface area contributed by atoms with E-state index in [-0.39, 0.29) is 12.1 Å². The Morgan fingerprint density at radius 2 is 1.19 bits per heavy atom. The molecule has 0 aliphatic carbocycles. The molecule has 2 amide bonds. The summed E-state index contributed by atoms with van der Waals surface area (Å²) in [6, 6.07) is 8.26. The molecule has 2 atom stereocenters. The van der Waals surface area contributed by atoms with Crippen molar-refractivity contribution in [3.63, 3.8) is 0 Å². The zero-order chi connectivity index (χ0) is 22.2. The summed E-state index contributed by atoms with van der Waals surface area (Å²) in [6.45, 7) is 6.77. The van der Waals surface area contributed by atoms with Crippen LogP contribution in [0.15, 0.2) is 35.0 Å². The van der Waals surface area contributed by atoms with Gasteiger partial charge >= 0.3 is 11.8 Å². The van der Waals surface area contributed by atoms with E-state index in [0.29, 0.717) is 39.5 Å². The Balaban J connectivity index is 1.31. The summed E-state index contributed by atoms with van der Waals surface area (Å²) in [7, 11) is 0. The number of thiophene rings is 2. The second-order valence-corrected chi connectivity index (χ2v) is 9.74. The van der Waals surface area contributed by atoms with Crippen molar-refractivity contribution in [3.8, 4) is 0 Å². The van der Waals surface area contributed by atoms with Gasteiger partial charge in [-0.05, 0) is 22.9 Å². The minimum atomic E-state index is -0.591. The van der Waals surface area contributed by atoms with Gasteiger partial charge in [-0.15, -0.1) is 22.7 Å². The zero-order valence-electron chi connectivity index (χ0n) is 18.0. The molecular formula is C22H30N4O4S2. The zero-order valence-corrected chi connectivity index (χ0v) is 19.7. The van der Waals surface area contributed by atoms with E-state index in [4.69, 9.17) is 9.47 Å². The summed E-state index contributed by atoms with van der Waals surface area (Å²) < 4.78 is 10.9. The molecule has 2 aliphatic rings. The van der Waals surface area contributed by atoms with Gasteiger partial charge in [-0.2, -0.15) is 0 Å². The van der Waals surface area contributed by atoms with Gasteiger partial charge in [0.25, 0.3) is 0 Å². The maximum Gasteiger partial charge on any atom is 0.309 e. The summed E-state index contributed by atoms with van der Waals surface area (Å²) in [5, 5.41) is 9.77. The van der Waals surface area contributed by atoms with Crippen molar-refractivity contribution < 1.29 is 19.1 Å². The Kier molecular flexibility index (Phi) is 8.66. The van der Waals surface area contributed by atoms with Gasteiger partial charge < -0.3 is 20.1 Å². The molecule has 0 unspecified atom stereocenters. The van der Waals surface area contributed by atoms with Gasteiger partial charge in [-0.1, -0.05) is 12.1 Å². The molecule has 174 valence electrons. The number of carbonyl (C=O) groups excluding carboxylic acids is 2. The van der Waals surface area contributed by atoms with Gasteiger partial charge in [0.15, 0.2) is 0 Å². The largest absolute Gasteiger partial charge is 0.379 e. The van der Waals surface area contributed by atoms with Crippen LogP contribution in [0.25, 0.3) is 0 Å². The molecule has 2 aliphatic heterocycles. The lowest BCUT2D eigenvalue weighted by molar-refractivity contribution is -0.139. The maximum absolute atomic E-state index is 12.6. The normalized spacial score (nSPS) is 19.9. The lowest BCUT2D eigenvalue weighted by Gasteiger charge is -2.34. The van der Waals surface area contributed by atoms with Crippen LogP contribution in [0, 0.1) is 0 Å². The lowest BCUT2D eigenvalue weighted by Crippen LogP contribution is -2.48. The van der Waals surface area contributed by atoms with E-state index in [1.807, 2.05) is 22.9 Å². The summed E-state index contributed by atoms with van der Waals surface area (Å²) in [6.07, 6.45) is 0. The molecule has 2 aromatic heterocycles. The van der Waals surface area contributed by atoms with Crippen LogP contribution in [0.2, 0.25) is 0 Å². The van der Waals surface area contributed by atoms with Crippen LogP contribution in [-0.4, -0.2) is 87.3 Å². The van der Waals surface area contributed by atoms with E-state index in [2.05, 4.69) is 32.6 Å². The highest BCUT2D eigenvalue weighted by Crippen LogP contribution is 2.26. The molecule has 0 saturated carbocycles. The topological polar surface area (TPSA) is 83.1 Å². The number of rotatable bonds is 8. The Bertz CT molecular complexity index is 764. The highest BCUT2D eigenvalue weighted by atomic mass is 32.1. The third-order valence-electron chi connectivity index (χ3n) is 5.83. The molecule has 0 bridgehead atoms. The highest BCUT2D eigenvalue weighted by Gasteiger charge is 2.27. The van der Waals surface area contributed by atoms with Gasteiger partial charge in [0.2, 0.25) is 0 Å². The Morgan fingerprint density at radius 1 is 0.781 bits per heavy atom. The van der Waals surface area contributed by atoms with E-state index in [0.717, 1.165) is 26.2 Å². The second-order valence-electron chi connectivity index (χ2n) is 7.78. The van der Waals surface area contributed by atoms with Crippen LogP contribution in [0.4, 0.5) is 0 Å². The highest BCUT2D eigenvalue weighted by molar-refractivity contribution is 7.10. The van der Waals surface area contributed by atoms with Gasteiger partial charge in [-0.25, -0.2) is 0 Å². The van der Waals surface area contributed by atoms with E-state index >= 15 is 0 Å². The fourth-order valence-electron chi connectivity index (χ4n) is 4.10. The molecule has 2 aromatic rings. The average molecular weight is 479 g/mol. The number of carbonyl (C=O) groups is 2. The van der Waals surface area contributed by atoms with Crippen LogP contribution in [0.5, 0.6) is 0 Å². The van der Waals surface area contributed by atoms with Gasteiger partial charge in [0.1, 0.15) is 0 Å². The summed E-state index contributed by atoms with van der Waals surface area (Å²) >= 11 is 3.33. The molecule has 0 radical (unpaired) electrons. The number of nitrogens with zero attached hydrogens (tertiary/aromatic N) is 2. The first-order valence-electron chi connectivity index (χ1n) is 11.0. The molecule has 0 spiro atoms. The quantitative estimate of drug-likeness (QED) is 0.560. The predicted molar refractivity (Wildman–Crippen MR) is 125 cm³/mol. The van der Waals surface area contributed by atoms with Crippen LogP contribution in [0.3, 0.4) is 0 Å². The first kappa shape index (κ1) is 23.3. The molecule has 2 fully saturated rings. The van der Waals surface area contributed by atoms with Crippen molar-refractivity contribution in [2.24, 2.45) is 0 Å². The van der Waals surface area contributed by atoms with Gasteiger partial charge in [-0.3, -0.25) is 19.4 Å². The van der Waals surface area contributed by atoms with Gasteiger partial charge in [0.05, 0.1) is 38.5 Å². The van der Waals surface area contributed by atoms with Crippen molar-refractivity contribution in [3.05, 3.63) is 44.8 Å². The number of morpholine rings is 2. The van der Waals surface area contributed by atoms with Crippen LogP contribution in [-0.2, 0) is 19.1 Å². The minimum Gasteiger partial charge on any atom is -0.379 e. The van der Waals surface area contributed by atoms with E-state index < -0.39 is 11.8 Å². The standard InChI is InChI=1S/C22H30N4O4S2/c27-21(23-15-17(19-3-1-13-31-19)25-5-9-29-10-6-25)22(28)24-16-18(20-4-2-14-32-20)26-7-11-30-12-8-26/h1-4,13-14,17-18H,5-12,15-16H2,(H,23,27)(H,24,28)/t17-,18+. The van der Waals surface area contributed by atoms with E-state index in [9.17, 15) is 9.59 Å². The molecule has 8 nitrogen and oxygen atoms in total. The summed E-state index contributed by atoms with van der Waals surface area (Å²) in [5.74, 6) is -1.18. The third-order valence-corrected chi connectivity index (χ3v) is 7.78. The Hall–Kier alpha value is -1.82. The summed E-state index contributed by atoms with van der Waals surface area (Å²) in [4.78, 5) is 32.1. The molecule has 4 rings (SSSR count). The number of ether oxygens (including phenoxy) is 2. The average Bonchev–Trinajstić information content (AvgIpc) is 3.56. The monoisotopic (exact) mass is 478 g/mol. The second kappa shape index (κ2) is 11.9. The van der Waals surface area contributed by atoms with Crippen LogP contribution in [0.1, 0.15) is 21.8 Å². The van der Waals surface area contributed by atoms with Crippen molar-refractivity contribution in [2.45, 2.75) is 12.1 Å². The van der Waals surface area contributed by atoms with Gasteiger partial charge in [0, 0.05) is 49.0 Å². The van der Waals surface area contributed by atoms with E-state index in [1.165, 1.54) is 9.75 Å². The fraction of sp³-hybridized carbons (Fsp3) is 0.545.